The summed E-state index contributed by atoms with van der Waals surface area (Å²) < 4.78 is 13.1. The van der Waals surface area contributed by atoms with Gasteiger partial charge in [-0.05, 0) is 57.7 Å². The zero-order chi connectivity index (χ0) is 23.6. The van der Waals surface area contributed by atoms with Crippen LogP contribution in [0.3, 0.4) is 0 Å². The van der Waals surface area contributed by atoms with Crippen LogP contribution in [0.1, 0.15) is 62.9 Å². The summed E-state index contributed by atoms with van der Waals surface area (Å²) in [4.78, 5) is 29.3. The van der Waals surface area contributed by atoms with Gasteiger partial charge in [-0.3, -0.25) is 9.59 Å². The van der Waals surface area contributed by atoms with E-state index in [1.807, 2.05) is 42.7 Å². The summed E-state index contributed by atoms with van der Waals surface area (Å²) >= 11 is 0. The molecule has 2 heterocycles. The molecule has 2 aliphatic rings. The largest absolute Gasteiger partial charge is 0.496 e. The molecule has 1 aliphatic carbocycles. The Morgan fingerprint density at radius 1 is 1.21 bits per heavy atom. The molecule has 178 valence electrons. The number of allylic oxidation sites excluding steroid dienone is 2. The molecule has 1 saturated carbocycles. The number of benzene rings is 1. The molecule has 2 aromatic rings. The van der Waals surface area contributed by atoms with Gasteiger partial charge in [-0.2, -0.15) is 0 Å². The predicted molar refractivity (Wildman–Crippen MR) is 129 cm³/mol. The van der Waals surface area contributed by atoms with Crippen LogP contribution in [0.2, 0.25) is 0 Å². The third-order valence-corrected chi connectivity index (χ3v) is 7.12. The lowest BCUT2D eigenvalue weighted by molar-refractivity contribution is -0.133. The zero-order valence-electron chi connectivity index (χ0n) is 20.1. The molecule has 0 bridgehead atoms. The second-order valence-corrected chi connectivity index (χ2v) is 9.24. The number of rotatable bonds is 8. The number of unbranched alkanes of at least 4 members (excludes halogenated alkanes) is 1. The molecular weight excluding hydrogens is 418 g/mol. The Kier molecular flexibility index (Phi) is 6.68. The van der Waals surface area contributed by atoms with Gasteiger partial charge in [0, 0.05) is 18.0 Å². The van der Waals surface area contributed by atoms with E-state index >= 15 is 0 Å². The van der Waals surface area contributed by atoms with Gasteiger partial charge >= 0.3 is 0 Å². The van der Waals surface area contributed by atoms with E-state index in [1.165, 1.54) is 0 Å². The Morgan fingerprint density at radius 2 is 1.91 bits per heavy atom. The summed E-state index contributed by atoms with van der Waals surface area (Å²) in [6, 6.07) is 5.75. The molecule has 7 heteroatoms. The van der Waals surface area contributed by atoms with Gasteiger partial charge in [-0.15, -0.1) is 0 Å². The van der Waals surface area contributed by atoms with E-state index in [1.54, 1.807) is 19.1 Å². The van der Waals surface area contributed by atoms with Crippen LogP contribution in [-0.4, -0.2) is 53.6 Å². The van der Waals surface area contributed by atoms with Crippen molar-refractivity contribution < 1.29 is 19.1 Å². The maximum absolute atomic E-state index is 13.8. The molecule has 33 heavy (non-hydrogen) atoms. The number of ether oxygens (including phenoxy) is 2. The van der Waals surface area contributed by atoms with E-state index in [0.717, 1.165) is 49.4 Å². The van der Waals surface area contributed by atoms with Crippen LogP contribution < -0.4 is 14.8 Å². The molecule has 1 aromatic heterocycles. The lowest BCUT2D eigenvalue weighted by atomic mass is 9.93. The normalized spacial score (nSPS) is 21.1. The molecule has 0 saturated heterocycles. The van der Waals surface area contributed by atoms with Gasteiger partial charge in [-0.25, -0.2) is 0 Å². The van der Waals surface area contributed by atoms with E-state index in [0.29, 0.717) is 30.3 Å². The van der Waals surface area contributed by atoms with Gasteiger partial charge < -0.3 is 24.3 Å². The SMILES string of the molecule is C/C=C\CCCN1C(=O)c2cc3c(OC)ccc(OC)c3n2CC1(C)C(=O)NC1CCCC1. The van der Waals surface area contributed by atoms with Crippen molar-refractivity contribution >= 4 is 22.7 Å². The van der Waals surface area contributed by atoms with E-state index in [9.17, 15) is 9.59 Å². The molecule has 1 atom stereocenters. The highest BCUT2D eigenvalue weighted by molar-refractivity contribution is 6.05. The average Bonchev–Trinajstić information content (AvgIpc) is 3.46. The van der Waals surface area contributed by atoms with Crippen molar-refractivity contribution in [2.24, 2.45) is 0 Å². The van der Waals surface area contributed by atoms with Crippen LogP contribution >= 0.6 is 0 Å². The number of methoxy groups -OCH3 is 2. The lowest BCUT2D eigenvalue weighted by Crippen LogP contribution is -2.64. The Labute approximate surface area is 195 Å². The highest BCUT2D eigenvalue weighted by Gasteiger charge is 2.48. The topological polar surface area (TPSA) is 72.8 Å². The highest BCUT2D eigenvalue weighted by atomic mass is 16.5. The van der Waals surface area contributed by atoms with E-state index in [-0.39, 0.29) is 17.9 Å². The minimum absolute atomic E-state index is 0.0804. The lowest BCUT2D eigenvalue weighted by Gasteiger charge is -2.44. The minimum atomic E-state index is -0.997. The standard InChI is InChI=1S/C26H35N3O4/c1-5-6-7-10-15-29-24(30)20-16-19-21(32-3)13-14-22(33-4)23(19)28(20)17-26(29,2)25(31)27-18-11-8-9-12-18/h5-6,13-14,16,18H,7-12,15,17H2,1-4H3,(H,27,31)/b6-5-. The van der Waals surface area contributed by atoms with Gasteiger partial charge in [0.1, 0.15) is 22.7 Å². The molecule has 0 radical (unpaired) electrons. The number of carbonyl (C=O) groups is 2. The average molecular weight is 454 g/mol. The van der Waals surface area contributed by atoms with E-state index < -0.39 is 5.54 Å². The number of hydrogen-bond donors (Lipinski definition) is 1. The number of carbonyl (C=O) groups excluding carboxylic acids is 2. The fraction of sp³-hybridized carbons (Fsp3) is 0.538. The molecule has 4 rings (SSSR count). The number of fused-ring (bicyclic) bond motifs is 3. The van der Waals surface area contributed by atoms with Crippen molar-refractivity contribution in [3.05, 3.63) is 36.0 Å². The van der Waals surface area contributed by atoms with Crippen LogP contribution in [0, 0.1) is 0 Å². The number of hydrogen-bond acceptors (Lipinski definition) is 4. The maximum Gasteiger partial charge on any atom is 0.271 e. The summed E-state index contributed by atoms with van der Waals surface area (Å²) in [7, 11) is 3.23. The zero-order valence-corrected chi connectivity index (χ0v) is 20.1. The monoisotopic (exact) mass is 453 g/mol. The molecule has 7 nitrogen and oxygen atoms in total. The number of nitrogens with one attached hydrogen (secondary N) is 1. The highest BCUT2D eigenvalue weighted by Crippen LogP contribution is 2.40. The Morgan fingerprint density at radius 3 is 2.58 bits per heavy atom. The summed E-state index contributed by atoms with van der Waals surface area (Å²) in [6.07, 6.45) is 10.0. The molecule has 1 unspecified atom stereocenters. The molecule has 2 amide bonds. The van der Waals surface area contributed by atoms with Crippen LogP contribution in [0.4, 0.5) is 0 Å². The Hall–Kier alpha value is -2.96. The van der Waals surface area contributed by atoms with Crippen molar-refractivity contribution in [1.82, 2.24) is 14.8 Å². The van der Waals surface area contributed by atoms with Gasteiger partial charge in [-0.1, -0.05) is 25.0 Å². The number of aromatic nitrogens is 1. The number of nitrogens with zero attached hydrogens (tertiary/aromatic N) is 2. The third-order valence-electron chi connectivity index (χ3n) is 7.12. The van der Waals surface area contributed by atoms with Crippen LogP contribution in [0.5, 0.6) is 11.5 Å². The summed E-state index contributed by atoms with van der Waals surface area (Å²) in [5.74, 6) is 1.12. The molecule has 0 spiro atoms. The van der Waals surface area contributed by atoms with Gasteiger partial charge in [0.25, 0.3) is 5.91 Å². The Balaban J connectivity index is 1.78. The van der Waals surface area contributed by atoms with Crippen molar-refractivity contribution in [3.63, 3.8) is 0 Å². The first-order valence-electron chi connectivity index (χ1n) is 11.9. The fourth-order valence-electron chi connectivity index (χ4n) is 5.25. The third kappa shape index (κ3) is 4.09. The van der Waals surface area contributed by atoms with Crippen LogP contribution in [0.15, 0.2) is 30.4 Å². The summed E-state index contributed by atoms with van der Waals surface area (Å²) in [6.45, 7) is 4.77. The second kappa shape index (κ2) is 9.49. The minimum Gasteiger partial charge on any atom is -0.496 e. The van der Waals surface area contributed by atoms with Crippen molar-refractivity contribution in [3.8, 4) is 11.5 Å². The van der Waals surface area contributed by atoms with Gasteiger partial charge in [0.15, 0.2) is 0 Å². The maximum atomic E-state index is 13.8. The molecule has 1 fully saturated rings. The van der Waals surface area contributed by atoms with Crippen molar-refractivity contribution in [2.45, 2.75) is 70.5 Å². The Bertz CT molecular complexity index is 1070. The second-order valence-electron chi connectivity index (χ2n) is 9.24. The molecule has 1 aromatic carbocycles. The fourth-order valence-corrected chi connectivity index (χ4v) is 5.25. The first-order valence-corrected chi connectivity index (χ1v) is 11.9. The van der Waals surface area contributed by atoms with Crippen molar-refractivity contribution in [1.29, 1.82) is 0 Å². The summed E-state index contributed by atoms with van der Waals surface area (Å²) in [5, 5.41) is 4.06. The first-order chi connectivity index (χ1) is 15.9. The molecule has 1 N–H and O–H groups in total. The van der Waals surface area contributed by atoms with Crippen molar-refractivity contribution in [2.75, 3.05) is 20.8 Å². The smallest absolute Gasteiger partial charge is 0.271 e. The van der Waals surface area contributed by atoms with Crippen LogP contribution in [0.25, 0.3) is 10.9 Å². The van der Waals surface area contributed by atoms with E-state index in [2.05, 4.69) is 11.4 Å². The van der Waals surface area contributed by atoms with Crippen LogP contribution in [-0.2, 0) is 11.3 Å². The molecular formula is C26H35N3O4. The van der Waals surface area contributed by atoms with E-state index in [4.69, 9.17) is 9.47 Å². The predicted octanol–water partition coefficient (Wildman–Crippen LogP) is 4.29. The van der Waals surface area contributed by atoms with Gasteiger partial charge in [0.2, 0.25) is 5.91 Å². The molecule has 1 aliphatic heterocycles. The quantitative estimate of drug-likeness (QED) is 0.478. The number of amides is 2. The van der Waals surface area contributed by atoms with Gasteiger partial charge in [0.05, 0.1) is 26.3 Å². The summed E-state index contributed by atoms with van der Waals surface area (Å²) in [5.41, 5.74) is 0.349. The first kappa shape index (κ1) is 23.2.